The molecule has 2 aromatic carbocycles. The number of hydrogen-bond donors (Lipinski definition) is 0. The van der Waals surface area contributed by atoms with Crippen LogP contribution in [0.5, 0.6) is 5.75 Å². The molecule has 0 fully saturated rings. The van der Waals surface area contributed by atoms with E-state index in [0.717, 1.165) is 32.9 Å². The van der Waals surface area contributed by atoms with Crippen LogP contribution in [0.15, 0.2) is 46.9 Å². The predicted molar refractivity (Wildman–Crippen MR) is 92.0 cm³/mol. The average Bonchev–Trinajstić information content (AvgIpc) is 2.47. The van der Waals surface area contributed by atoms with Crippen LogP contribution in [0.3, 0.4) is 0 Å². The van der Waals surface area contributed by atoms with Gasteiger partial charge in [-0.25, -0.2) is 0 Å². The van der Waals surface area contributed by atoms with Crippen molar-refractivity contribution in [1.82, 2.24) is 4.90 Å². The van der Waals surface area contributed by atoms with Gasteiger partial charge in [0.05, 0.1) is 7.11 Å². The second kappa shape index (κ2) is 7.30. The number of ether oxygens (including phenoxy) is 1. The Bertz CT molecular complexity index is 617. The number of nitrogens with zero attached hydrogens (tertiary/aromatic N) is 1. The molecule has 0 N–H and O–H groups in total. The van der Waals surface area contributed by atoms with Crippen LogP contribution in [0.2, 0.25) is 5.02 Å². The highest BCUT2D eigenvalue weighted by Gasteiger charge is 2.16. The summed E-state index contributed by atoms with van der Waals surface area (Å²) in [6.07, 6.45) is 0. The van der Waals surface area contributed by atoms with Gasteiger partial charge in [0.1, 0.15) is 5.75 Å². The summed E-state index contributed by atoms with van der Waals surface area (Å²) in [5, 5.41) is 0.804. The molecule has 0 bridgehead atoms. The molecule has 0 heterocycles. The third-order valence-electron chi connectivity index (χ3n) is 3.68. The van der Waals surface area contributed by atoms with Gasteiger partial charge in [0.2, 0.25) is 0 Å². The van der Waals surface area contributed by atoms with E-state index in [4.69, 9.17) is 16.3 Å². The van der Waals surface area contributed by atoms with Crippen molar-refractivity contribution in [2.24, 2.45) is 0 Å². The number of methoxy groups -OCH3 is 1. The Kier molecular flexibility index (Phi) is 5.68. The first-order valence-corrected chi connectivity index (χ1v) is 7.97. The van der Waals surface area contributed by atoms with Crippen LogP contribution >= 0.6 is 27.5 Å². The van der Waals surface area contributed by atoms with E-state index in [9.17, 15) is 0 Å². The average molecular weight is 369 g/mol. The summed E-state index contributed by atoms with van der Waals surface area (Å²) in [6.45, 7) is 2.95. The van der Waals surface area contributed by atoms with Crippen molar-refractivity contribution >= 4 is 27.5 Å². The molecule has 1 unspecified atom stereocenters. The van der Waals surface area contributed by atoms with Gasteiger partial charge < -0.3 is 4.74 Å². The molecule has 1 atom stereocenters. The van der Waals surface area contributed by atoms with Crippen LogP contribution in [0.1, 0.15) is 24.1 Å². The zero-order chi connectivity index (χ0) is 15.4. The molecule has 0 saturated carbocycles. The first kappa shape index (κ1) is 16.3. The lowest BCUT2D eigenvalue weighted by Gasteiger charge is -2.26. The standard InChI is InChI=1S/C17H19BrClNO/c1-12(15-6-4-5-7-16(15)19)20(2)11-13-10-14(18)8-9-17(13)21-3/h4-10,12H,11H2,1-3H3. The molecule has 0 aromatic heterocycles. The lowest BCUT2D eigenvalue weighted by molar-refractivity contribution is 0.249. The smallest absolute Gasteiger partial charge is 0.123 e. The lowest BCUT2D eigenvalue weighted by Crippen LogP contribution is -2.22. The zero-order valence-electron chi connectivity index (χ0n) is 12.4. The van der Waals surface area contributed by atoms with Crippen molar-refractivity contribution in [3.05, 3.63) is 63.1 Å². The normalized spacial score (nSPS) is 12.5. The van der Waals surface area contributed by atoms with Crippen molar-refractivity contribution in [3.63, 3.8) is 0 Å². The van der Waals surface area contributed by atoms with Gasteiger partial charge in [0.25, 0.3) is 0 Å². The molecule has 0 saturated heterocycles. The number of rotatable bonds is 5. The minimum Gasteiger partial charge on any atom is -0.496 e. The molecule has 21 heavy (non-hydrogen) atoms. The Morgan fingerprint density at radius 2 is 1.95 bits per heavy atom. The van der Waals surface area contributed by atoms with Gasteiger partial charge in [-0.1, -0.05) is 45.7 Å². The van der Waals surface area contributed by atoms with Gasteiger partial charge in [-0.05, 0) is 43.8 Å². The summed E-state index contributed by atoms with van der Waals surface area (Å²) in [7, 11) is 3.79. The molecule has 0 radical (unpaired) electrons. The van der Waals surface area contributed by atoms with Gasteiger partial charge in [-0.15, -0.1) is 0 Å². The van der Waals surface area contributed by atoms with E-state index >= 15 is 0 Å². The van der Waals surface area contributed by atoms with Crippen LogP contribution in [0, 0.1) is 0 Å². The van der Waals surface area contributed by atoms with Crippen molar-refractivity contribution in [2.75, 3.05) is 14.2 Å². The van der Waals surface area contributed by atoms with E-state index in [1.807, 2.05) is 30.3 Å². The van der Waals surface area contributed by atoms with Gasteiger partial charge in [0.15, 0.2) is 0 Å². The lowest BCUT2D eigenvalue weighted by atomic mass is 10.1. The van der Waals surface area contributed by atoms with Crippen molar-refractivity contribution in [2.45, 2.75) is 19.5 Å². The Morgan fingerprint density at radius 1 is 1.24 bits per heavy atom. The van der Waals surface area contributed by atoms with E-state index in [1.165, 1.54) is 0 Å². The fourth-order valence-electron chi connectivity index (χ4n) is 2.33. The molecule has 0 amide bonds. The second-order valence-corrected chi connectivity index (χ2v) is 6.39. The Labute approximate surface area is 139 Å². The monoisotopic (exact) mass is 367 g/mol. The summed E-state index contributed by atoms with van der Waals surface area (Å²) in [5.41, 5.74) is 2.28. The first-order valence-electron chi connectivity index (χ1n) is 6.80. The predicted octanol–water partition coefficient (Wildman–Crippen LogP) is 5.30. The van der Waals surface area contributed by atoms with Crippen LogP contribution in [0.4, 0.5) is 0 Å². The zero-order valence-corrected chi connectivity index (χ0v) is 14.8. The van der Waals surface area contributed by atoms with Crippen LogP contribution in [-0.4, -0.2) is 19.1 Å². The third-order valence-corrected chi connectivity index (χ3v) is 4.52. The molecular formula is C17H19BrClNO. The minimum absolute atomic E-state index is 0.224. The second-order valence-electron chi connectivity index (χ2n) is 5.07. The van der Waals surface area contributed by atoms with Gasteiger partial charge >= 0.3 is 0 Å². The summed E-state index contributed by atoms with van der Waals surface area (Å²) >= 11 is 9.80. The van der Waals surface area contributed by atoms with E-state index < -0.39 is 0 Å². The molecule has 4 heteroatoms. The molecule has 0 aliphatic carbocycles. The maximum atomic E-state index is 6.29. The summed E-state index contributed by atoms with van der Waals surface area (Å²) in [6, 6.07) is 14.3. The minimum atomic E-state index is 0.224. The highest BCUT2D eigenvalue weighted by molar-refractivity contribution is 9.10. The fraction of sp³-hybridized carbons (Fsp3) is 0.294. The Morgan fingerprint density at radius 3 is 2.62 bits per heavy atom. The molecule has 112 valence electrons. The highest BCUT2D eigenvalue weighted by atomic mass is 79.9. The SMILES string of the molecule is COc1ccc(Br)cc1CN(C)C(C)c1ccccc1Cl. The molecule has 2 nitrogen and oxygen atoms in total. The van der Waals surface area contributed by atoms with E-state index in [0.29, 0.717) is 0 Å². The largest absolute Gasteiger partial charge is 0.496 e. The maximum Gasteiger partial charge on any atom is 0.123 e. The summed E-state index contributed by atoms with van der Waals surface area (Å²) in [5.74, 6) is 0.899. The van der Waals surface area contributed by atoms with Crippen LogP contribution in [0.25, 0.3) is 0 Å². The van der Waals surface area contributed by atoms with E-state index in [-0.39, 0.29) is 6.04 Å². The fourth-order valence-corrected chi connectivity index (χ4v) is 3.03. The quantitative estimate of drug-likeness (QED) is 0.709. The van der Waals surface area contributed by atoms with Crippen LogP contribution in [-0.2, 0) is 6.54 Å². The van der Waals surface area contributed by atoms with Crippen molar-refractivity contribution in [1.29, 1.82) is 0 Å². The van der Waals surface area contributed by atoms with E-state index in [1.54, 1.807) is 7.11 Å². The summed E-state index contributed by atoms with van der Waals surface area (Å²) < 4.78 is 6.49. The molecule has 0 aliphatic rings. The molecule has 2 aromatic rings. The Balaban J connectivity index is 2.20. The first-order chi connectivity index (χ1) is 10.0. The molecule has 0 aliphatic heterocycles. The highest BCUT2D eigenvalue weighted by Crippen LogP contribution is 2.30. The maximum absolute atomic E-state index is 6.29. The molecule has 0 spiro atoms. The number of halogens is 2. The molecular weight excluding hydrogens is 350 g/mol. The topological polar surface area (TPSA) is 12.5 Å². The van der Waals surface area contributed by atoms with Gasteiger partial charge in [0, 0.05) is 27.6 Å². The summed E-state index contributed by atoms with van der Waals surface area (Å²) in [4.78, 5) is 2.26. The van der Waals surface area contributed by atoms with E-state index in [2.05, 4.69) is 46.9 Å². The van der Waals surface area contributed by atoms with Crippen molar-refractivity contribution < 1.29 is 4.74 Å². The Hall–Kier alpha value is -1.03. The van der Waals surface area contributed by atoms with Crippen LogP contribution < -0.4 is 4.74 Å². The molecule has 2 rings (SSSR count). The van der Waals surface area contributed by atoms with Crippen molar-refractivity contribution in [3.8, 4) is 5.75 Å². The van der Waals surface area contributed by atoms with Gasteiger partial charge in [-0.3, -0.25) is 4.90 Å². The number of hydrogen-bond acceptors (Lipinski definition) is 2. The number of benzene rings is 2. The third kappa shape index (κ3) is 4.00. The van der Waals surface area contributed by atoms with Gasteiger partial charge in [-0.2, -0.15) is 0 Å².